The zero-order valence-electron chi connectivity index (χ0n) is 15.9. The summed E-state index contributed by atoms with van der Waals surface area (Å²) in [4.78, 5) is 32.2. The van der Waals surface area contributed by atoms with Gasteiger partial charge in [0.15, 0.2) is 6.61 Å². The molecular formula is C19H21N5O4. The number of carbonyl (C=O) groups excluding carboxylic acids is 2. The zero-order valence-corrected chi connectivity index (χ0v) is 15.9. The number of fused-ring (bicyclic) bond motifs is 1. The Morgan fingerprint density at radius 2 is 1.89 bits per heavy atom. The number of esters is 1. The van der Waals surface area contributed by atoms with Crippen molar-refractivity contribution in [2.24, 2.45) is 0 Å². The van der Waals surface area contributed by atoms with Gasteiger partial charge in [-0.25, -0.2) is 14.3 Å². The van der Waals surface area contributed by atoms with Crippen molar-refractivity contribution < 1.29 is 19.1 Å². The Hall–Kier alpha value is -3.49. The second-order valence-corrected chi connectivity index (χ2v) is 6.21. The molecular weight excluding hydrogens is 362 g/mol. The SMILES string of the molecule is COc1ccc(CCNC(=O)COC(=O)c2nc3nc(C)cc(C)n3n2)cc1. The van der Waals surface area contributed by atoms with Crippen LogP contribution >= 0.6 is 0 Å². The number of nitrogens with one attached hydrogen (secondary N) is 1. The van der Waals surface area contributed by atoms with Gasteiger partial charge in [-0.15, -0.1) is 5.10 Å². The highest BCUT2D eigenvalue weighted by Crippen LogP contribution is 2.11. The lowest BCUT2D eigenvalue weighted by molar-refractivity contribution is -0.124. The van der Waals surface area contributed by atoms with Crippen LogP contribution < -0.4 is 10.1 Å². The van der Waals surface area contributed by atoms with E-state index in [0.29, 0.717) is 18.7 Å². The highest BCUT2D eigenvalue weighted by atomic mass is 16.5. The minimum atomic E-state index is -0.771. The Morgan fingerprint density at radius 1 is 1.14 bits per heavy atom. The molecule has 146 valence electrons. The van der Waals surface area contributed by atoms with Gasteiger partial charge in [-0.3, -0.25) is 4.79 Å². The molecule has 0 radical (unpaired) electrons. The number of ether oxygens (including phenoxy) is 2. The predicted molar refractivity (Wildman–Crippen MR) is 100 cm³/mol. The lowest BCUT2D eigenvalue weighted by Crippen LogP contribution is -2.30. The van der Waals surface area contributed by atoms with Gasteiger partial charge in [-0.1, -0.05) is 12.1 Å². The van der Waals surface area contributed by atoms with Crippen molar-refractivity contribution in [3.05, 3.63) is 53.1 Å². The Balaban J connectivity index is 1.47. The van der Waals surface area contributed by atoms with Crippen molar-refractivity contribution in [2.45, 2.75) is 20.3 Å². The summed E-state index contributed by atoms with van der Waals surface area (Å²) >= 11 is 0. The molecule has 0 unspecified atom stereocenters. The third kappa shape index (κ3) is 4.61. The van der Waals surface area contributed by atoms with Crippen LogP contribution in [0.3, 0.4) is 0 Å². The first-order valence-corrected chi connectivity index (χ1v) is 8.74. The van der Waals surface area contributed by atoms with E-state index < -0.39 is 18.5 Å². The number of rotatable bonds is 7. The summed E-state index contributed by atoms with van der Waals surface area (Å²) < 4.78 is 11.5. The van der Waals surface area contributed by atoms with E-state index >= 15 is 0 Å². The number of hydrogen-bond acceptors (Lipinski definition) is 7. The van der Waals surface area contributed by atoms with E-state index in [4.69, 9.17) is 9.47 Å². The number of amides is 1. The van der Waals surface area contributed by atoms with Crippen LogP contribution in [0.4, 0.5) is 0 Å². The van der Waals surface area contributed by atoms with Crippen LogP contribution in [0.15, 0.2) is 30.3 Å². The van der Waals surface area contributed by atoms with E-state index in [0.717, 1.165) is 22.7 Å². The molecule has 0 aliphatic heterocycles. The van der Waals surface area contributed by atoms with Gasteiger partial charge in [0.2, 0.25) is 0 Å². The molecule has 0 atom stereocenters. The highest BCUT2D eigenvalue weighted by Gasteiger charge is 2.17. The monoisotopic (exact) mass is 383 g/mol. The average Bonchev–Trinajstić information content (AvgIpc) is 3.11. The van der Waals surface area contributed by atoms with Gasteiger partial charge >= 0.3 is 5.97 Å². The maximum atomic E-state index is 12.1. The molecule has 0 saturated heterocycles. The number of aryl methyl sites for hydroxylation is 2. The molecule has 28 heavy (non-hydrogen) atoms. The summed E-state index contributed by atoms with van der Waals surface area (Å²) in [5, 5.41) is 6.78. The molecule has 3 rings (SSSR count). The van der Waals surface area contributed by atoms with Crippen LogP contribution in [0.2, 0.25) is 0 Å². The molecule has 0 aliphatic carbocycles. The van der Waals surface area contributed by atoms with Crippen LogP contribution in [0.25, 0.3) is 5.78 Å². The first kappa shape index (κ1) is 19.3. The van der Waals surface area contributed by atoms with Crippen molar-refractivity contribution in [1.82, 2.24) is 24.9 Å². The Morgan fingerprint density at radius 3 is 2.61 bits per heavy atom. The van der Waals surface area contributed by atoms with Crippen molar-refractivity contribution >= 4 is 17.7 Å². The smallest absolute Gasteiger partial charge is 0.378 e. The molecule has 2 heterocycles. The fraction of sp³-hybridized carbons (Fsp3) is 0.316. The van der Waals surface area contributed by atoms with E-state index in [1.165, 1.54) is 4.52 Å². The number of carbonyl (C=O) groups is 2. The molecule has 9 nitrogen and oxygen atoms in total. The van der Waals surface area contributed by atoms with Crippen LogP contribution in [-0.2, 0) is 16.0 Å². The Labute approximate surface area is 161 Å². The van der Waals surface area contributed by atoms with Gasteiger partial charge in [0.05, 0.1) is 7.11 Å². The highest BCUT2D eigenvalue weighted by molar-refractivity contribution is 5.88. The summed E-state index contributed by atoms with van der Waals surface area (Å²) in [5.41, 5.74) is 2.63. The normalized spacial score (nSPS) is 10.7. The standard InChI is InChI=1S/C19H21N5O4/c1-12-10-13(2)24-19(21-12)22-17(23-24)18(26)28-11-16(25)20-9-8-14-4-6-15(27-3)7-5-14/h4-7,10H,8-9,11H2,1-3H3,(H,20,25). The van der Waals surface area contributed by atoms with Gasteiger partial charge in [0.25, 0.3) is 17.5 Å². The number of hydrogen-bond donors (Lipinski definition) is 1. The molecule has 2 aromatic heterocycles. The minimum Gasteiger partial charge on any atom is -0.497 e. The van der Waals surface area contributed by atoms with Crippen molar-refractivity contribution in [1.29, 1.82) is 0 Å². The Kier molecular flexibility index (Phi) is 5.83. The summed E-state index contributed by atoms with van der Waals surface area (Å²) in [7, 11) is 1.61. The maximum absolute atomic E-state index is 12.1. The van der Waals surface area contributed by atoms with Gasteiger partial charge in [0.1, 0.15) is 5.75 Å². The molecule has 1 aromatic carbocycles. The molecule has 1 amide bonds. The molecule has 1 N–H and O–H groups in total. The molecule has 9 heteroatoms. The van der Waals surface area contributed by atoms with Gasteiger partial charge in [-0.2, -0.15) is 4.98 Å². The average molecular weight is 383 g/mol. The van der Waals surface area contributed by atoms with Crippen LogP contribution in [0.1, 0.15) is 27.6 Å². The van der Waals surface area contributed by atoms with Crippen molar-refractivity contribution in [2.75, 3.05) is 20.3 Å². The lowest BCUT2D eigenvalue weighted by Gasteiger charge is -2.06. The number of methoxy groups -OCH3 is 1. The van der Waals surface area contributed by atoms with Gasteiger partial charge in [0, 0.05) is 17.9 Å². The van der Waals surface area contributed by atoms with Crippen molar-refractivity contribution in [3.8, 4) is 5.75 Å². The third-order valence-corrected chi connectivity index (χ3v) is 4.03. The maximum Gasteiger partial charge on any atom is 0.378 e. The quantitative estimate of drug-likeness (QED) is 0.612. The summed E-state index contributed by atoms with van der Waals surface area (Å²) in [5.74, 6) is -0.204. The number of aromatic nitrogens is 4. The van der Waals surface area contributed by atoms with Gasteiger partial charge in [-0.05, 0) is 44.0 Å². The fourth-order valence-corrected chi connectivity index (χ4v) is 2.64. The molecule has 0 spiro atoms. The number of nitrogens with zero attached hydrogens (tertiary/aromatic N) is 4. The zero-order chi connectivity index (χ0) is 20.1. The largest absolute Gasteiger partial charge is 0.497 e. The summed E-state index contributed by atoms with van der Waals surface area (Å²) in [6, 6.07) is 9.40. The lowest BCUT2D eigenvalue weighted by atomic mass is 10.1. The van der Waals surface area contributed by atoms with E-state index in [1.54, 1.807) is 7.11 Å². The second kappa shape index (κ2) is 8.47. The molecule has 0 aliphatic rings. The van der Waals surface area contributed by atoms with Crippen LogP contribution in [-0.4, -0.2) is 51.7 Å². The van der Waals surface area contributed by atoms with E-state index in [1.807, 2.05) is 44.2 Å². The minimum absolute atomic E-state index is 0.132. The third-order valence-electron chi connectivity index (χ3n) is 4.03. The summed E-state index contributed by atoms with van der Waals surface area (Å²) in [6.07, 6.45) is 0.655. The molecule has 0 saturated carbocycles. The van der Waals surface area contributed by atoms with Gasteiger partial charge < -0.3 is 14.8 Å². The van der Waals surface area contributed by atoms with Crippen LogP contribution in [0, 0.1) is 13.8 Å². The summed E-state index contributed by atoms with van der Waals surface area (Å²) in [6.45, 7) is 3.69. The van der Waals surface area contributed by atoms with Crippen molar-refractivity contribution in [3.63, 3.8) is 0 Å². The number of benzene rings is 1. The molecule has 0 fully saturated rings. The first-order chi connectivity index (χ1) is 13.5. The second-order valence-electron chi connectivity index (χ2n) is 6.21. The fourth-order valence-electron chi connectivity index (χ4n) is 2.64. The Bertz CT molecular complexity index is 997. The van der Waals surface area contributed by atoms with E-state index in [-0.39, 0.29) is 5.82 Å². The first-order valence-electron chi connectivity index (χ1n) is 8.74. The predicted octanol–water partition coefficient (Wildman–Crippen LogP) is 1.27. The van der Waals surface area contributed by atoms with E-state index in [9.17, 15) is 9.59 Å². The van der Waals surface area contributed by atoms with E-state index in [2.05, 4.69) is 20.4 Å². The topological polar surface area (TPSA) is 108 Å². The molecule has 3 aromatic rings. The van der Waals surface area contributed by atoms with Crippen LogP contribution in [0.5, 0.6) is 5.75 Å². The molecule has 0 bridgehead atoms.